The first kappa shape index (κ1) is 21.6. The number of pyridine rings is 1. The number of aromatic nitrogens is 1. The normalized spacial score (nSPS) is 16.7. The number of aryl methyl sites for hydroxylation is 1. The van der Waals surface area contributed by atoms with Crippen molar-refractivity contribution in [3.8, 4) is 11.8 Å². The Hall–Kier alpha value is -3.06. The highest BCUT2D eigenvalue weighted by Gasteiger charge is 2.42. The molecule has 0 bridgehead atoms. The van der Waals surface area contributed by atoms with E-state index in [1.165, 1.54) is 13.0 Å². The molecule has 2 heterocycles. The number of alkyl halides is 3. The largest absolute Gasteiger partial charge is 0.494 e. The van der Waals surface area contributed by atoms with Crippen molar-refractivity contribution in [1.82, 2.24) is 4.98 Å². The maximum Gasteiger partial charge on any atom is 0.417 e. The molecule has 0 spiro atoms. The van der Waals surface area contributed by atoms with E-state index < -0.39 is 34.4 Å². The SMILES string of the molecule is CCOc1ccc(N2C(=O)CC(Sc3nc(C)cc(C(F)(F)F)c3C#N)C2=O)cc1. The number of carbonyl (C=O) groups is 2. The van der Waals surface area contributed by atoms with Crippen LogP contribution in [0, 0.1) is 18.3 Å². The van der Waals surface area contributed by atoms with Crippen LogP contribution in [-0.4, -0.2) is 28.7 Å². The number of nitrogens with zero attached hydrogens (tertiary/aromatic N) is 3. The van der Waals surface area contributed by atoms with Crippen molar-refractivity contribution in [2.75, 3.05) is 11.5 Å². The third-order valence-electron chi connectivity index (χ3n) is 4.30. The lowest BCUT2D eigenvalue weighted by Gasteiger charge is -2.16. The topological polar surface area (TPSA) is 83.3 Å². The van der Waals surface area contributed by atoms with Crippen LogP contribution >= 0.6 is 11.8 Å². The van der Waals surface area contributed by atoms with Crippen LogP contribution in [0.1, 0.15) is 30.2 Å². The van der Waals surface area contributed by atoms with Gasteiger partial charge >= 0.3 is 6.18 Å². The summed E-state index contributed by atoms with van der Waals surface area (Å²) in [4.78, 5) is 30.3. The van der Waals surface area contributed by atoms with Gasteiger partial charge in [-0.2, -0.15) is 18.4 Å². The summed E-state index contributed by atoms with van der Waals surface area (Å²) in [5, 5.41) is 8.07. The van der Waals surface area contributed by atoms with E-state index in [1.807, 2.05) is 6.92 Å². The molecule has 10 heteroatoms. The molecular formula is C20H16F3N3O3S. The molecule has 1 aliphatic heterocycles. The minimum absolute atomic E-state index is 0.0592. The van der Waals surface area contributed by atoms with Crippen molar-refractivity contribution in [3.05, 3.63) is 47.2 Å². The maximum atomic E-state index is 13.3. The van der Waals surface area contributed by atoms with E-state index in [0.29, 0.717) is 29.8 Å². The van der Waals surface area contributed by atoms with Crippen LogP contribution in [0.3, 0.4) is 0 Å². The summed E-state index contributed by atoms with van der Waals surface area (Å²) in [6.45, 7) is 3.65. The van der Waals surface area contributed by atoms with Gasteiger partial charge in [-0.15, -0.1) is 0 Å². The fourth-order valence-electron chi connectivity index (χ4n) is 3.02. The molecule has 6 nitrogen and oxygen atoms in total. The summed E-state index contributed by atoms with van der Waals surface area (Å²) >= 11 is 0.698. The first-order valence-electron chi connectivity index (χ1n) is 8.91. The number of halogens is 3. The lowest BCUT2D eigenvalue weighted by molar-refractivity contribution is -0.138. The average Bonchev–Trinajstić information content (AvgIpc) is 2.95. The lowest BCUT2D eigenvalue weighted by Crippen LogP contribution is -2.31. The second kappa shape index (κ2) is 8.36. The number of hydrogen-bond acceptors (Lipinski definition) is 6. The first-order valence-corrected chi connectivity index (χ1v) is 9.79. The standard InChI is InChI=1S/C20H16F3N3O3S/c1-3-29-13-6-4-12(5-7-13)26-17(27)9-16(19(26)28)30-18-14(10-24)15(20(21,22)23)8-11(2)25-18/h4-8,16H,3,9H2,1-2H3. The lowest BCUT2D eigenvalue weighted by atomic mass is 10.1. The number of benzene rings is 1. The Labute approximate surface area is 174 Å². The molecule has 1 fully saturated rings. The summed E-state index contributed by atoms with van der Waals surface area (Å²) < 4.78 is 45.2. The van der Waals surface area contributed by atoms with E-state index in [4.69, 9.17) is 4.74 Å². The van der Waals surface area contributed by atoms with Crippen molar-refractivity contribution in [2.24, 2.45) is 0 Å². The van der Waals surface area contributed by atoms with Gasteiger partial charge in [-0.05, 0) is 44.2 Å². The highest BCUT2D eigenvalue weighted by Crippen LogP contribution is 2.39. The molecule has 1 unspecified atom stereocenters. The number of hydrogen-bond donors (Lipinski definition) is 0. The minimum Gasteiger partial charge on any atom is -0.494 e. The molecule has 3 rings (SSSR count). The summed E-state index contributed by atoms with van der Waals surface area (Å²) in [5.74, 6) is -0.479. The van der Waals surface area contributed by atoms with Crippen LogP contribution in [0.5, 0.6) is 5.75 Å². The molecule has 30 heavy (non-hydrogen) atoms. The fourth-order valence-corrected chi connectivity index (χ4v) is 4.19. The molecule has 0 radical (unpaired) electrons. The molecule has 1 aliphatic rings. The zero-order chi connectivity index (χ0) is 22.1. The van der Waals surface area contributed by atoms with Crippen molar-refractivity contribution in [2.45, 2.75) is 36.7 Å². The van der Waals surface area contributed by atoms with Crippen molar-refractivity contribution in [3.63, 3.8) is 0 Å². The molecule has 2 aromatic rings. The van der Waals surface area contributed by atoms with Crippen LogP contribution in [-0.2, 0) is 15.8 Å². The van der Waals surface area contributed by atoms with E-state index in [2.05, 4.69) is 4.98 Å². The van der Waals surface area contributed by atoms with Crippen molar-refractivity contribution >= 4 is 29.3 Å². The monoisotopic (exact) mass is 435 g/mol. The third kappa shape index (κ3) is 4.26. The molecule has 2 amide bonds. The Morgan fingerprint density at radius 1 is 1.30 bits per heavy atom. The van der Waals surface area contributed by atoms with Crippen LogP contribution < -0.4 is 9.64 Å². The molecule has 1 saturated heterocycles. The van der Waals surface area contributed by atoms with Gasteiger partial charge in [0.1, 0.15) is 16.8 Å². The number of ether oxygens (including phenoxy) is 1. The summed E-state index contributed by atoms with van der Waals surface area (Å²) in [6, 6.07) is 8.67. The highest BCUT2D eigenvalue weighted by molar-refractivity contribution is 8.00. The van der Waals surface area contributed by atoms with Crippen LogP contribution in [0.15, 0.2) is 35.4 Å². The molecule has 1 aromatic heterocycles. The van der Waals surface area contributed by atoms with E-state index in [0.717, 1.165) is 11.0 Å². The average molecular weight is 435 g/mol. The second-order valence-electron chi connectivity index (χ2n) is 6.41. The Kier molecular flexibility index (Phi) is 6.03. The number of amides is 2. The van der Waals surface area contributed by atoms with Gasteiger partial charge in [-0.25, -0.2) is 9.88 Å². The van der Waals surface area contributed by atoms with Gasteiger partial charge in [0.15, 0.2) is 0 Å². The van der Waals surface area contributed by atoms with Gasteiger partial charge < -0.3 is 4.74 Å². The van der Waals surface area contributed by atoms with Gasteiger partial charge in [0.25, 0.3) is 0 Å². The Balaban J connectivity index is 1.89. The minimum atomic E-state index is -4.74. The number of anilines is 1. The molecule has 1 aromatic carbocycles. The molecule has 0 N–H and O–H groups in total. The molecule has 0 aliphatic carbocycles. The Bertz CT molecular complexity index is 1030. The fraction of sp³-hybridized carbons (Fsp3) is 0.300. The van der Waals surface area contributed by atoms with Crippen molar-refractivity contribution in [1.29, 1.82) is 5.26 Å². The number of carbonyl (C=O) groups excluding carboxylic acids is 2. The smallest absolute Gasteiger partial charge is 0.417 e. The quantitative estimate of drug-likeness (QED) is 0.658. The zero-order valence-electron chi connectivity index (χ0n) is 16.0. The van der Waals surface area contributed by atoms with Crippen LogP contribution in [0.25, 0.3) is 0 Å². The summed E-state index contributed by atoms with van der Waals surface area (Å²) in [5.41, 5.74) is -1.37. The summed E-state index contributed by atoms with van der Waals surface area (Å²) in [6.07, 6.45) is -4.95. The van der Waals surface area contributed by atoms with E-state index in [9.17, 15) is 28.0 Å². The van der Waals surface area contributed by atoms with Gasteiger partial charge in [0, 0.05) is 12.1 Å². The van der Waals surface area contributed by atoms with E-state index in [-0.39, 0.29) is 17.1 Å². The van der Waals surface area contributed by atoms with Gasteiger partial charge in [-0.3, -0.25) is 9.59 Å². The third-order valence-corrected chi connectivity index (χ3v) is 5.47. The number of nitriles is 1. The molecule has 0 saturated carbocycles. The summed E-state index contributed by atoms with van der Waals surface area (Å²) in [7, 11) is 0. The van der Waals surface area contributed by atoms with E-state index in [1.54, 1.807) is 24.3 Å². The second-order valence-corrected chi connectivity index (χ2v) is 7.60. The van der Waals surface area contributed by atoms with E-state index >= 15 is 0 Å². The first-order chi connectivity index (χ1) is 14.2. The predicted molar refractivity (Wildman–Crippen MR) is 103 cm³/mol. The number of thioether (sulfide) groups is 1. The van der Waals surface area contributed by atoms with Crippen molar-refractivity contribution < 1.29 is 27.5 Å². The number of imide groups is 1. The Morgan fingerprint density at radius 2 is 1.97 bits per heavy atom. The van der Waals surface area contributed by atoms with Gasteiger partial charge in [0.05, 0.1) is 28.7 Å². The molecule has 156 valence electrons. The van der Waals surface area contributed by atoms with Crippen LogP contribution in [0.4, 0.5) is 18.9 Å². The zero-order valence-corrected chi connectivity index (χ0v) is 16.8. The Morgan fingerprint density at radius 3 is 2.53 bits per heavy atom. The van der Waals surface area contributed by atoms with Gasteiger partial charge in [0.2, 0.25) is 11.8 Å². The van der Waals surface area contributed by atoms with Gasteiger partial charge in [-0.1, -0.05) is 11.8 Å². The highest BCUT2D eigenvalue weighted by atomic mass is 32.2. The number of rotatable bonds is 5. The molecule has 1 atom stereocenters. The predicted octanol–water partition coefficient (Wildman–Crippen LogP) is 4.10. The molecular weight excluding hydrogens is 419 g/mol. The maximum absolute atomic E-state index is 13.3. The van der Waals surface area contributed by atoms with Crippen LogP contribution in [0.2, 0.25) is 0 Å².